The lowest BCUT2D eigenvalue weighted by Gasteiger charge is -2.12. The van der Waals surface area contributed by atoms with Crippen LogP contribution in [0.4, 0.5) is 5.69 Å². The molecule has 2 rings (SSSR count). The summed E-state index contributed by atoms with van der Waals surface area (Å²) in [6, 6.07) is 6.08. The van der Waals surface area contributed by atoms with E-state index in [1.54, 1.807) is 6.34 Å². The van der Waals surface area contributed by atoms with Gasteiger partial charge in [-0.1, -0.05) is 6.07 Å². The number of fused-ring (bicyclic) bond motifs is 1. The number of hydrogen-bond acceptors (Lipinski definition) is 3. The van der Waals surface area contributed by atoms with Crippen molar-refractivity contribution in [2.75, 3.05) is 14.1 Å². The average Bonchev–Trinajstić information content (AvgIpc) is 2.68. The zero-order valence-electron chi connectivity index (χ0n) is 11.0. The highest BCUT2D eigenvalue weighted by molar-refractivity contribution is 5.67. The van der Waals surface area contributed by atoms with Crippen molar-refractivity contribution in [3.05, 3.63) is 29.3 Å². The van der Waals surface area contributed by atoms with Crippen LogP contribution in [-0.2, 0) is 16.0 Å². The number of aliphatic imine (C=N–C) groups is 1. The third-order valence-corrected chi connectivity index (χ3v) is 2.90. The highest BCUT2D eigenvalue weighted by Crippen LogP contribution is 2.36. The third-order valence-electron chi connectivity index (χ3n) is 2.90. The fraction of sp³-hybridized carbons (Fsp3) is 0.429. The standard InChI is InChI=1S/C14H18N2O2/c1-10(17)18-14-7-5-11-4-6-12(8-13(11)14)15-9-16(2)3/h4,6,8-9,14H,5,7H2,1-3H3/b15-9+. The molecule has 0 heterocycles. The van der Waals surface area contributed by atoms with Crippen molar-refractivity contribution in [2.24, 2.45) is 4.99 Å². The summed E-state index contributed by atoms with van der Waals surface area (Å²) in [4.78, 5) is 17.3. The van der Waals surface area contributed by atoms with Crippen molar-refractivity contribution >= 4 is 18.0 Å². The van der Waals surface area contributed by atoms with E-state index in [4.69, 9.17) is 4.74 Å². The molecule has 1 aromatic rings. The van der Waals surface area contributed by atoms with Gasteiger partial charge in [0.2, 0.25) is 0 Å². The van der Waals surface area contributed by atoms with E-state index in [1.807, 2.05) is 31.1 Å². The number of hydrogen-bond donors (Lipinski definition) is 0. The zero-order valence-corrected chi connectivity index (χ0v) is 11.0. The molecule has 18 heavy (non-hydrogen) atoms. The third kappa shape index (κ3) is 2.88. The molecule has 0 amide bonds. The summed E-state index contributed by atoms with van der Waals surface area (Å²) in [5.74, 6) is -0.227. The lowest BCUT2D eigenvalue weighted by atomic mass is 10.1. The van der Waals surface area contributed by atoms with Crippen LogP contribution in [0.1, 0.15) is 30.6 Å². The lowest BCUT2D eigenvalue weighted by Crippen LogP contribution is -2.07. The SMILES string of the molecule is CC(=O)OC1CCc2ccc(/N=C/N(C)C)cc21. The molecular weight excluding hydrogens is 228 g/mol. The molecule has 0 saturated heterocycles. The molecule has 0 aliphatic heterocycles. The van der Waals surface area contributed by atoms with Crippen molar-refractivity contribution in [1.29, 1.82) is 0 Å². The van der Waals surface area contributed by atoms with E-state index in [-0.39, 0.29) is 12.1 Å². The first-order valence-electron chi connectivity index (χ1n) is 6.07. The maximum atomic E-state index is 11.1. The summed E-state index contributed by atoms with van der Waals surface area (Å²) in [5.41, 5.74) is 3.24. The van der Waals surface area contributed by atoms with Crippen LogP contribution in [0.2, 0.25) is 0 Å². The number of carbonyl (C=O) groups is 1. The topological polar surface area (TPSA) is 41.9 Å². The minimum atomic E-state index is -0.227. The Morgan fingerprint density at radius 2 is 2.28 bits per heavy atom. The molecule has 0 aromatic heterocycles. The number of carbonyl (C=O) groups excluding carboxylic acids is 1. The first-order chi connectivity index (χ1) is 8.56. The summed E-state index contributed by atoms with van der Waals surface area (Å²) >= 11 is 0. The molecule has 4 nitrogen and oxygen atoms in total. The smallest absolute Gasteiger partial charge is 0.303 e. The monoisotopic (exact) mass is 246 g/mol. The quantitative estimate of drug-likeness (QED) is 0.467. The van der Waals surface area contributed by atoms with Crippen LogP contribution in [0.5, 0.6) is 0 Å². The van der Waals surface area contributed by atoms with E-state index < -0.39 is 0 Å². The molecule has 1 aliphatic carbocycles. The van der Waals surface area contributed by atoms with Gasteiger partial charge in [-0.15, -0.1) is 0 Å². The Balaban J connectivity index is 2.22. The van der Waals surface area contributed by atoms with Gasteiger partial charge in [-0.25, -0.2) is 4.99 Å². The van der Waals surface area contributed by atoms with Crippen LogP contribution in [-0.4, -0.2) is 31.3 Å². The second kappa shape index (κ2) is 5.21. The number of aryl methyl sites for hydroxylation is 1. The van der Waals surface area contributed by atoms with Crippen LogP contribution in [0.3, 0.4) is 0 Å². The highest BCUT2D eigenvalue weighted by atomic mass is 16.5. The van der Waals surface area contributed by atoms with E-state index in [9.17, 15) is 4.79 Å². The summed E-state index contributed by atoms with van der Waals surface area (Å²) in [6.07, 6.45) is 3.49. The van der Waals surface area contributed by atoms with Crippen molar-refractivity contribution < 1.29 is 9.53 Å². The van der Waals surface area contributed by atoms with Crippen LogP contribution in [0.15, 0.2) is 23.2 Å². The molecule has 1 unspecified atom stereocenters. The fourth-order valence-corrected chi connectivity index (χ4v) is 2.14. The predicted molar refractivity (Wildman–Crippen MR) is 71.1 cm³/mol. The van der Waals surface area contributed by atoms with E-state index in [0.29, 0.717) is 0 Å². The molecule has 0 radical (unpaired) electrons. The molecule has 1 aliphatic rings. The van der Waals surface area contributed by atoms with E-state index in [2.05, 4.69) is 11.1 Å². The van der Waals surface area contributed by atoms with Crippen molar-refractivity contribution in [3.63, 3.8) is 0 Å². The van der Waals surface area contributed by atoms with Crippen LogP contribution < -0.4 is 0 Å². The molecule has 1 atom stereocenters. The van der Waals surface area contributed by atoms with Gasteiger partial charge < -0.3 is 9.64 Å². The molecule has 96 valence electrons. The summed E-state index contributed by atoms with van der Waals surface area (Å²) in [7, 11) is 3.86. The first kappa shape index (κ1) is 12.6. The van der Waals surface area contributed by atoms with Gasteiger partial charge >= 0.3 is 5.97 Å². The Kier molecular flexibility index (Phi) is 3.65. The number of rotatable bonds is 3. The van der Waals surface area contributed by atoms with Crippen LogP contribution in [0, 0.1) is 0 Å². The second-order valence-electron chi connectivity index (χ2n) is 4.73. The molecule has 0 saturated carbocycles. The number of esters is 1. The fourth-order valence-electron chi connectivity index (χ4n) is 2.14. The molecule has 0 N–H and O–H groups in total. The maximum Gasteiger partial charge on any atom is 0.303 e. The highest BCUT2D eigenvalue weighted by Gasteiger charge is 2.24. The molecular formula is C14H18N2O2. The van der Waals surface area contributed by atoms with Gasteiger partial charge in [0.05, 0.1) is 12.0 Å². The maximum absolute atomic E-state index is 11.1. The molecule has 0 spiro atoms. The van der Waals surface area contributed by atoms with Gasteiger partial charge in [0.1, 0.15) is 6.10 Å². The lowest BCUT2D eigenvalue weighted by molar-refractivity contribution is -0.146. The van der Waals surface area contributed by atoms with Gasteiger partial charge in [-0.2, -0.15) is 0 Å². The molecule has 1 aromatic carbocycles. The summed E-state index contributed by atoms with van der Waals surface area (Å²) in [6.45, 7) is 1.45. The summed E-state index contributed by atoms with van der Waals surface area (Å²) < 4.78 is 5.32. The van der Waals surface area contributed by atoms with Crippen LogP contribution in [0.25, 0.3) is 0 Å². The Morgan fingerprint density at radius 3 is 2.94 bits per heavy atom. The Hall–Kier alpha value is -1.84. The second-order valence-corrected chi connectivity index (χ2v) is 4.73. The predicted octanol–water partition coefficient (Wildman–Crippen LogP) is 2.46. The Labute approximate surface area is 107 Å². The molecule has 0 bridgehead atoms. The van der Waals surface area contributed by atoms with Gasteiger partial charge in [0.25, 0.3) is 0 Å². The van der Waals surface area contributed by atoms with E-state index in [0.717, 1.165) is 24.1 Å². The normalized spacial score (nSPS) is 17.8. The number of nitrogens with zero attached hydrogens (tertiary/aromatic N) is 2. The van der Waals surface area contributed by atoms with E-state index >= 15 is 0 Å². The average molecular weight is 246 g/mol. The Morgan fingerprint density at radius 1 is 1.50 bits per heavy atom. The van der Waals surface area contributed by atoms with Gasteiger partial charge in [-0.05, 0) is 36.1 Å². The van der Waals surface area contributed by atoms with Gasteiger partial charge in [-0.3, -0.25) is 4.79 Å². The Bertz CT molecular complexity index is 481. The van der Waals surface area contributed by atoms with Crippen molar-refractivity contribution in [3.8, 4) is 0 Å². The number of ether oxygens (including phenoxy) is 1. The van der Waals surface area contributed by atoms with Gasteiger partial charge in [0, 0.05) is 21.0 Å². The van der Waals surface area contributed by atoms with E-state index in [1.165, 1.54) is 12.5 Å². The minimum Gasteiger partial charge on any atom is -0.458 e. The van der Waals surface area contributed by atoms with Crippen molar-refractivity contribution in [2.45, 2.75) is 25.9 Å². The van der Waals surface area contributed by atoms with Gasteiger partial charge in [0.15, 0.2) is 0 Å². The molecule has 4 heteroatoms. The number of benzene rings is 1. The molecule has 0 fully saturated rings. The zero-order chi connectivity index (χ0) is 13.1. The first-order valence-corrected chi connectivity index (χ1v) is 6.07. The summed E-state index contributed by atoms with van der Waals surface area (Å²) in [5, 5.41) is 0. The minimum absolute atomic E-state index is 0.105. The van der Waals surface area contributed by atoms with Crippen LogP contribution >= 0.6 is 0 Å². The largest absolute Gasteiger partial charge is 0.458 e. The van der Waals surface area contributed by atoms with Crippen molar-refractivity contribution in [1.82, 2.24) is 4.90 Å².